The van der Waals surface area contributed by atoms with E-state index in [1.165, 1.54) is 23.5 Å². The summed E-state index contributed by atoms with van der Waals surface area (Å²) in [6.07, 6.45) is 0.488. The van der Waals surface area contributed by atoms with Crippen molar-refractivity contribution >= 4 is 28.8 Å². The van der Waals surface area contributed by atoms with Crippen LogP contribution in [0.2, 0.25) is 0 Å². The molecule has 1 N–H and O–H groups in total. The van der Waals surface area contributed by atoms with Crippen molar-refractivity contribution in [2.45, 2.75) is 19.4 Å². The van der Waals surface area contributed by atoms with Gasteiger partial charge >= 0.3 is 0 Å². The van der Waals surface area contributed by atoms with Crippen molar-refractivity contribution in [3.05, 3.63) is 87.9 Å². The third-order valence-electron chi connectivity index (χ3n) is 4.68. The summed E-state index contributed by atoms with van der Waals surface area (Å²) in [6, 6.07) is 17.4. The highest BCUT2D eigenvalue weighted by molar-refractivity contribution is 7.10. The van der Waals surface area contributed by atoms with E-state index < -0.39 is 0 Å². The Morgan fingerprint density at radius 3 is 2.55 bits per heavy atom. The number of carbonyl (C=O) groups excluding carboxylic acids is 2. The van der Waals surface area contributed by atoms with Crippen LogP contribution in [0.5, 0.6) is 0 Å². The predicted octanol–water partition coefficient (Wildman–Crippen LogP) is 3.97. The average molecular weight is 441 g/mol. The van der Waals surface area contributed by atoms with Gasteiger partial charge in [0.1, 0.15) is 5.82 Å². The van der Waals surface area contributed by atoms with E-state index >= 15 is 0 Å². The van der Waals surface area contributed by atoms with E-state index in [9.17, 15) is 14.0 Å². The van der Waals surface area contributed by atoms with Crippen LogP contribution in [0.3, 0.4) is 0 Å². The van der Waals surface area contributed by atoms with Gasteiger partial charge in [-0.15, -0.1) is 11.3 Å². The van der Waals surface area contributed by atoms with E-state index in [4.69, 9.17) is 4.74 Å². The lowest BCUT2D eigenvalue weighted by Crippen LogP contribution is -2.32. The Balaban J connectivity index is 1.79. The Morgan fingerprint density at radius 1 is 1.03 bits per heavy atom. The monoisotopic (exact) mass is 440 g/mol. The van der Waals surface area contributed by atoms with Crippen molar-refractivity contribution in [1.82, 2.24) is 5.32 Å². The number of halogens is 1. The number of carbonyl (C=O) groups is 2. The second-order valence-corrected chi connectivity index (χ2v) is 8.08. The highest BCUT2D eigenvalue weighted by Gasteiger charge is 2.18. The molecule has 2 amide bonds. The minimum atomic E-state index is -0.318. The maximum Gasteiger partial charge on any atom is 0.232 e. The lowest BCUT2D eigenvalue weighted by Gasteiger charge is -2.24. The van der Waals surface area contributed by atoms with Gasteiger partial charge in [0.2, 0.25) is 11.8 Å². The molecule has 0 atom stereocenters. The van der Waals surface area contributed by atoms with E-state index in [0.29, 0.717) is 25.4 Å². The second kappa shape index (κ2) is 11.4. The third-order valence-corrected chi connectivity index (χ3v) is 5.55. The maximum atomic E-state index is 13.3. The Morgan fingerprint density at radius 2 is 1.84 bits per heavy atom. The number of hydrogen-bond donors (Lipinski definition) is 1. The fourth-order valence-electron chi connectivity index (χ4n) is 3.13. The molecule has 0 aliphatic heterocycles. The molecule has 0 aliphatic rings. The molecular weight excluding hydrogens is 415 g/mol. The topological polar surface area (TPSA) is 58.6 Å². The SMILES string of the molecule is COCCNC(=O)Cc1cccc(N(Cc2ccc(F)cc2)C(=O)Cc2cccs2)c1. The van der Waals surface area contributed by atoms with Crippen LogP contribution in [0.4, 0.5) is 10.1 Å². The van der Waals surface area contributed by atoms with Gasteiger partial charge < -0.3 is 15.0 Å². The summed E-state index contributed by atoms with van der Waals surface area (Å²) in [5, 5.41) is 4.74. The van der Waals surface area contributed by atoms with Crippen molar-refractivity contribution in [2.75, 3.05) is 25.2 Å². The lowest BCUT2D eigenvalue weighted by atomic mass is 10.1. The molecule has 3 aromatic rings. The normalized spacial score (nSPS) is 10.6. The van der Waals surface area contributed by atoms with Crippen LogP contribution in [0.1, 0.15) is 16.0 Å². The second-order valence-electron chi connectivity index (χ2n) is 7.05. The van der Waals surface area contributed by atoms with Crippen molar-refractivity contribution in [1.29, 1.82) is 0 Å². The number of methoxy groups -OCH3 is 1. The van der Waals surface area contributed by atoms with E-state index in [1.807, 2.05) is 41.8 Å². The summed E-state index contributed by atoms with van der Waals surface area (Å²) in [5.41, 5.74) is 2.33. The van der Waals surface area contributed by atoms with E-state index in [2.05, 4.69) is 5.32 Å². The molecule has 0 bridgehead atoms. The van der Waals surface area contributed by atoms with Crippen molar-refractivity contribution in [3.63, 3.8) is 0 Å². The molecular formula is C24H25FN2O3S. The lowest BCUT2D eigenvalue weighted by molar-refractivity contribution is -0.120. The Kier molecular flexibility index (Phi) is 8.32. The molecule has 1 aromatic heterocycles. The molecule has 0 saturated heterocycles. The first-order valence-corrected chi connectivity index (χ1v) is 10.8. The molecule has 0 aliphatic carbocycles. The first-order chi connectivity index (χ1) is 15.0. The van der Waals surface area contributed by atoms with Crippen LogP contribution in [0, 0.1) is 5.82 Å². The van der Waals surface area contributed by atoms with Crippen LogP contribution >= 0.6 is 11.3 Å². The summed E-state index contributed by atoms with van der Waals surface area (Å²) >= 11 is 1.53. The molecule has 0 saturated carbocycles. The molecule has 0 spiro atoms. The molecule has 0 unspecified atom stereocenters. The summed E-state index contributed by atoms with van der Waals surface area (Å²) < 4.78 is 18.3. The minimum absolute atomic E-state index is 0.0616. The standard InChI is InChI=1S/C24H25FN2O3S/c1-30-12-11-26-23(28)15-19-4-2-5-21(14-19)27(17-18-7-9-20(25)10-8-18)24(29)16-22-6-3-13-31-22/h2-10,13-14H,11-12,15-17H2,1H3,(H,26,28). The van der Waals surface area contributed by atoms with Gasteiger partial charge in [-0.3, -0.25) is 9.59 Å². The van der Waals surface area contributed by atoms with Crippen LogP contribution < -0.4 is 10.2 Å². The van der Waals surface area contributed by atoms with Crippen molar-refractivity contribution in [2.24, 2.45) is 0 Å². The first-order valence-electron chi connectivity index (χ1n) is 9.97. The Labute approximate surface area is 185 Å². The fraction of sp³-hybridized carbons (Fsp3) is 0.250. The fourth-order valence-corrected chi connectivity index (χ4v) is 3.82. The predicted molar refractivity (Wildman–Crippen MR) is 121 cm³/mol. The summed E-state index contributed by atoms with van der Waals surface area (Å²) in [4.78, 5) is 28.0. The number of rotatable bonds is 10. The van der Waals surface area contributed by atoms with Crippen LogP contribution in [0.15, 0.2) is 66.0 Å². The summed E-state index contributed by atoms with van der Waals surface area (Å²) in [6.45, 7) is 1.22. The zero-order chi connectivity index (χ0) is 22.1. The number of benzene rings is 2. The van der Waals surface area contributed by atoms with E-state index in [0.717, 1.165) is 16.0 Å². The molecule has 5 nitrogen and oxygen atoms in total. The number of hydrogen-bond acceptors (Lipinski definition) is 4. The number of ether oxygens (including phenoxy) is 1. The largest absolute Gasteiger partial charge is 0.383 e. The number of nitrogens with one attached hydrogen (secondary N) is 1. The Bertz CT molecular complexity index is 990. The highest BCUT2D eigenvalue weighted by atomic mass is 32.1. The van der Waals surface area contributed by atoms with E-state index in [1.54, 1.807) is 24.1 Å². The molecule has 162 valence electrons. The van der Waals surface area contributed by atoms with Gasteiger partial charge in [-0.2, -0.15) is 0 Å². The summed E-state index contributed by atoms with van der Waals surface area (Å²) in [5.74, 6) is -0.487. The quantitative estimate of drug-likeness (QED) is 0.486. The highest BCUT2D eigenvalue weighted by Crippen LogP contribution is 2.22. The molecule has 2 aromatic carbocycles. The molecule has 3 rings (SSSR count). The molecule has 31 heavy (non-hydrogen) atoms. The smallest absolute Gasteiger partial charge is 0.232 e. The molecule has 1 heterocycles. The minimum Gasteiger partial charge on any atom is -0.383 e. The van der Waals surface area contributed by atoms with Gasteiger partial charge in [-0.25, -0.2) is 4.39 Å². The maximum absolute atomic E-state index is 13.3. The molecule has 0 radical (unpaired) electrons. The first kappa shape index (κ1) is 22.7. The third kappa shape index (κ3) is 7.01. The number of thiophene rings is 1. The van der Waals surface area contributed by atoms with E-state index in [-0.39, 0.29) is 30.5 Å². The van der Waals surface area contributed by atoms with Gasteiger partial charge in [0.25, 0.3) is 0 Å². The number of anilines is 1. The van der Waals surface area contributed by atoms with Crippen molar-refractivity contribution < 1.29 is 18.7 Å². The zero-order valence-corrected chi connectivity index (χ0v) is 18.2. The van der Waals surface area contributed by atoms with Gasteiger partial charge in [0, 0.05) is 24.2 Å². The Hall–Kier alpha value is -3.03. The van der Waals surface area contributed by atoms with Gasteiger partial charge in [0.05, 0.1) is 26.0 Å². The van der Waals surface area contributed by atoms with Crippen LogP contribution in [-0.2, 0) is 33.7 Å². The zero-order valence-electron chi connectivity index (χ0n) is 17.3. The van der Waals surface area contributed by atoms with Crippen LogP contribution in [-0.4, -0.2) is 32.1 Å². The molecule has 0 fully saturated rings. The molecule has 7 heteroatoms. The summed E-state index contributed by atoms with van der Waals surface area (Å²) in [7, 11) is 1.58. The van der Waals surface area contributed by atoms with Gasteiger partial charge in [0.15, 0.2) is 0 Å². The average Bonchev–Trinajstić information content (AvgIpc) is 3.26. The van der Waals surface area contributed by atoms with Crippen LogP contribution in [0.25, 0.3) is 0 Å². The van der Waals surface area contributed by atoms with Gasteiger partial charge in [-0.05, 0) is 46.8 Å². The van der Waals surface area contributed by atoms with Gasteiger partial charge in [-0.1, -0.05) is 30.3 Å². The number of nitrogens with zero attached hydrogens (tertiary/aromatic N) is 1. The van der Waals surface area contributed by atoms with Crippen molar-refractivity contribution in [3.8, 4) is 0 Å². The number of amides is 2.